The van der Waals surface area contributed by atoms with Gasteiger partial charge >= 0.3 is 5.97 Å². The van der Waals surface area contributed by atoms with Crippen LogP contribution < -0.4 is 5.32 Å². The number of benzene rings is 1. The molecule has 0 spiro atoms. The van der Waals surface area contributed by atoms with Crippen molar-refractivity contribution in [3.63, 3.8) is 0 Å². The first-order chi connectivity index (χ1) is 11.5. The van der Waals surface area contributed by atoms with Crippen molar-refractivity contribution in [1.29, 1.82) is 0 Å². The number of pyridine rings is 1. The molecule has 6 heteroatoms. The summed E-state index contributed by atoms with van der Waals surface area (Å²) >= 11 is 0. The van der Waals surface area contributed by atoms with Crippen LogP contribution in [0.1, 0.15) is 27.3 Å². The third-order valence-corrected chi connectivity index (χ3v) is 3.14. The number of aromatic nitrogens is 1. The van der Waals surface area contributed by atoms with Crippen LogP contribution in [0.25, 0.3) is 0 Å². The lowest BCUT2D eigenvalue weighted by molar-refractivity contribution is -0.139. The molecule has 2 N–H and O–H groups in total. The molecule has 0 aliphatic rings. The van der Waals surface area contributed by atoms with Gasteiger partial charge in [0.25, 0.3) is 5.91 Å². The normalized spacial score (nSPS) is 9.58. The molecule has 0 fully saturated rings. The molecule has 1 heterocycles. The van der Waals surface area contributed by atoms with E-state index < -0.39 is 11.9 Å². The monoisotopic (exact) mass is 324 g/mol. The van der Waals surface area contributed by atoms with E-state index in [1.165, 1.54) is 13.2 Å². The van der Waals surface area contributed by atoms with E-state index in [1.807, 2.05) is 30.3 Å². The fourth-order valence-electron chi connectivity index (χ4n) is 1.86. The Morgan fingerprint density at radius 3 is 2.62 bits per heavy atom. The molecule has 0 unspecified atom stereocenters. The second-order valence-electron chi connectivity index (χ2n) is 4.86. The van der Waals surface area contributed by atoms with Crippen LogP contribution in [0.3, 0.4) is 0 Å². The maximum absolute atomic E-state index is 12.0. The molecule has 0 aliphatic heterocycles. The van der Waals surface area contributed by atoms with Gasteiger partial charge in [-0.2, -0.15) is 0 Å². The first-order valence-electron chi connectivity index (χ1n) is 7.14. The van der Waals surface area contributed by atoms with Gasteiger partial charge < -0.3 is 15.2 Å². The average Bonchev–Trinajstić information content (AvgIpc) is 2.60. The van der Waals surface area contributed by atoms with Crippen LogP contribution in [-0.2, 0) is 9.53 Å². The number of aromatic hydroxyl groups is 1. The van der Waals surface area contributed by atoms with Gasteiger partial charge in [0.2, 0.25) is 0 Å². The van der Waals surface area contributed by atoms with E-state index in [-0.39, 0.29) is 18.0 Å². The van der Waals surface area contributed by atoms with Crippen molar-refractivity contribution in [3.8, 4) is 17.6 Å². The SMILES string of the molecule is COC(=O)CNC(=O)c1nc(C)c(C#Cc2ccccc2)cc1O. The number of esters is 1. The van der Waals surface area contributed by atoms with Gasteiger partial charge in [0.15, 0.2) is 5.69 Å². The molecular formula is C18H16N2O4. The van der Waals surface area contributed by atoms with Crippen molar-refractivity contribution >= 4 is 11.9 Å². The topological polar surface area (TPSA) is 88.5 Å². The summed E-state index contributed by atoms with van der Waals surface area (Å²) in [5, 5.41) is 12.3. The first-order valence-corrected chi connectivity index (χ1v) is 7.14. The largest absolute Gasteiger partial charge is 0.505 e. The van der Waals surface area contributed by atoms with Gasteiger partial charge in [-0.05, 0) is 25.1 Å². The molecule has 1 amide bonds. The molecule has 0 atom stereocenters. The lowest BCUT2D eigenvalue weighted by Crippen LogP contribution is -2.30. The van der Waals surface area contributed by atoms with Crippen molar-refractivity contribution in [2.24, 2.45) is 0 Å². The molecule has 6 nitrogen and oxygen atoms in total. The molecule has 24 heavy (non-hydrogen) atoms. The molecule has 1 aromatic carbocycles. The molecular weight excluding hydrogens is 308 g/mol. The van der Waals surface area contributed by atoms with Crippen molar-refractivity contribution in [2.45, 2.75) is 6.92 Å². The highest BCUT2D eigenvalue weighted by atomic mass is 16.5. The summed E-state index contributed by atoms with van der Waals surface area (Å²) in [5.74, 6) is 4.32. The van der Waals surface area contributed by atoms with Crippen LogP contribution in [-0.4, -0.2) is 35.6 Å². The van der Waals surface area contributed by atoms with Crippen LogP contribution in [0.15, 0.2) is 36.4 Å². The number of carbonyl (C=O) groups is 2. The molecule has 0 radical (unpaired) electrons. The fourth-order valence-corrected chi connectivity index (χ4v) is 1.86. The molecule has 122 valence electrons. The molecule has 0 aliphatic carbocycles. The fraction of sp³-hybridized carbons (Fsp3) is 0.167. The summed E-state index contributed by atoms with van der Waals surface area (Å²) in [4.78, 5) is 27.1. The highest BCUT2D eigenvalue weighted by molar-refractivity contribution is 5.96. The number of ether oxygens (including phenoxy) is 1. The summed E-state index contributed by atoms with van der Waals surface area (Å²) in [6.07, 6.45) is 0. The maximum Gasteiger partial charge on any atom is 0.325 e. The minimum Gasteiger partial charge on any atom is -0.505 e. The van der Waals surface area contributed by atoms with E-state index >= 15 is 0 Å². The number of hydrogen-bond donors (Lipinski definition) is 2. The van der Waals surface area contributed by atoms with Crippen LogP contribution in [0.4, 0.5) is 0 Å². The molecule has 2 aromatic rings. The van der Waals surface area contributed by atoms with Crippen molar-refractivity contribution < 1.29 is 19.4 Å². The zero-order valence-electron chi connectivity index (χ0n) is 13.3. The Morgan fingerprint density at radius 1 is 1.25 bits per heavy atom. The van der Waals surface area contributed by atoms with Gasteiger partial charge in [-0.3, -0.25) is 9.59 Å². The van der Waals surface area contributed by atoms with Gasteiger partial charge in [0.05, 0.1) is 12.8 Å². The zero-order chi connectivity index (χ0) is 17.5. The Labute approximate surface area is 139 Å². The summed E-state index contributed by atoms with van der Waals surface area (Å²) in [6, 6.07) is 10.8. The van der Waals surface area contributed by atoms with E-state index in [9.17, 15) is 14.7 Å². The van der Waals surface area contributed by atoms with Crippen molar-refractivity contribution in [2.75, 3.05) is 13.7 Å². The molecule has 2 rings (SSSR count). The summed E-state index contributed by atoms with van der Waals surface area (Å²) in [7, 11) is 1.22. The van der Waals surface area contributed by atoms with Gasteiger partial charge in [0.1, 0.15) is 12.3 Å². The highest BCUT2D eigenvalue weighted by Gasteiger charge is 2.16. The number of amides is 1. The quantitative estimate of drug-likeness (QED) is 0.658. The summed E-state index contributed by atoms with van der Waals surface area (Å²) in [6.45, 7) is 1.39. The Bertz CT molecular complexity index is 820. The number of nitrogens with one attached hydrogen (secondary N) is 1. The van der Waals surface area contributed by atoms with Crippen LogP contribution in [0.2, 0.25) is 0 Å². The van der Waals surface area contributed by atoms with E-state index in [0.29, 0.717) is 11.3 Å². The van der Waals surface area contributed by atoms with Gasteiger partial charge in [0, 0.05) is 11.1 Å². The number of carbonyl (C=O) groups excluding carboxylic acids is 2. The zero-order valence-corrected chi connectivity index (χ0v) is 13.3. The third-order valence-electron chi connectivity index (χ3n) is 3.14. The standard InChI is InChI=1S/C18H16N2O4/c1-12-14(9-8-13-6-4-3-5-7-13)10-15(21)17(20-12)18(23)19-11-16(22)24-2/h3-7,10,21H,11H2,1-2H3,(H,19,23). The van der Waals surface area contributed by atoms with Gasteiger partial charge in [-0.15, -0.1) is 0 Å². The predicted octanol–water partition coefficient (Wildman–Crippen LogP) is 1.40. The number of rotatable bonds is 3. The molecule has 0 bridgehead atoms. The van der Waals surface area contributed by atoms with Gasteiger partial charge in [-0.1, -0.05) is 30.0 Å². The Hall–Kier alpha value is -3.33. The van der Waals surface area contributed by atoms with E-state index in [2.05, 4.69) is 26.9 Å². The third kappa shape index (κ3) is 4.34. The summed E-state index contributed by atoms with van der Waals surface area (Å²) in [5.41, 5.74) is 1.68. The molecule has 0 saturated carbocycles. The first kappa shape index (κ1) is 17.0. The second-order valence-corrected chi connectivity index (χ2v) is 4.86. The minimum absolute atomic E-state index is 0.165. The minimum atomic E-state index is -0.663. The van der Waals surface area contributed by atoms with E-state index in [4.69, 9.17) is 0 Å². The number of aryl methyl sites for hydroxylation is 1. The van der Waals surface area contributed by atoms with Crippen molar-refractivity contribution in [3.05, 3.63) is 58.9 Å². The van der Waals surface area contributed by atoms with E-state index in [1.54, 1.807) is 6.92 Å². The Kier molecular flexibility index (Phi) is 5.53. The Morgan fingerprint density at radius 2 is 1.96 bits per heavy atom. The number of hydrogen-bond acceptors (Lipinski definition) is 5. The number of nitrogens with zero attached hydrogens (tertiary/aromatic N) is 1. The van der Waals surface area contributed by atoms with Crippen molar-refractivity contribution in [1.82, 2.24) is 10.3 Å². The second kappa shape index (κ2) is 7.79. The molecule has 0 saturated heterocycles. The average molecular weight is 324 g/mol. The van der Waals surface area contributed by atoms with E-state index in [0.717, 1.165) is 5.56 Å². The predicted molar refractivity (Wildman–Crippen MR) is 87.4 cm³/mol. The number of methoxy groups -OCH3 is 1. The van der Waals surface area contributed by atoms with Gasteiger partial charge in [-0.25, -0.2) is 4.98 Å². The van der Waals surface area contributed by atoms with Crippen LogP contribution in [0, 0.1) is 18.8 Å². The smallest absolute Gasteiger partial charge is 0.325 e. The maximum atomic E-state index is 12.0. The highest BCUT2D eigenvalue weighted by Crippen LogP contribution is 2.18. The van der Waals surface area contributed by atoms with Crippen LogP contribution in [0.5, 0.6) is 5.75 Å². The van der Waals surface area contributed by atoms with Crippen LogP contribution >= 0.6 is 0 Å². The molecule has 1 aromatic heterocycles. The summed E-state index contributed by atoms with van der Waals surface area (Å²) < 4.78 is 4.43. The Balaban J connectivity index is 2.21. The lowest BCUT2D eigenvalue weighted by atomic mass is 10.1. The lowest BCUT2D eigenvalue weighted by Gasteiger charge is -2.07.